The van der Waals surface area contributed by atoms with Gasteiger partial charge in [-0.25, -0.2) is 0 Å². The van der Waals surface area contributed by atoms with Gasteiger partial charge in [-0.15, -0.1) is 0 Å². The lowest BCUT2D eigenvalue weighted by molar-refractivity contribution is -0.138. The van der Waals surface area contributed by atoms with E-state index in [1.54, 1.807) is 11.8 Å². The van der Waals surface area contributed by atoms with Crippen molar-refractivity contribution in [2.24, 2.45) is 0 Å². The molecule has 2 aromatic rings. The van der Waals surface area contributed by atoms with Crippen LogP contribution in [0.1, 0.15) is 37.3 Å². The first-order valence-corrected chi connectivity index (χ1v) is 10.00. The summed E-state index contributed by atoms with van der Waals surface area (Å²) in [5.41, 5.74) is 2.93. The number of piperidine rings is 1. The minimum atomic E-state index is 0.0732. The van der Waals surface area contributed by atoms with Crippen LogP contribution in [0.4, 0.5) is 0 Å². The van der Waals surface area contributed by atoms with Crippen molar-refractivity contribution < 1.29 is 4.79 Å². The molecule has 4 heteroatoms. The normalized spacial score (nSPS) is 25.5. The Labute approximate surface area is 158 Å². The Morgan fingerprint density at radius 1 is 1.20 bits per heavy atom. The van der Waals surface area contributed by atoms with Crippen molar-refractivity contribution in [3.05, 3.63) is 58.6 Å². The molecule has 1 aliphatic heterocycles. The van der Waals surface area contributed by atoms with Crippen LogP contribution in [0.25, 0.3) is 0 Å². The maximum Gasteiger partial charge on any atom is 0.222 e. The highest BCUT2D eigenvalue weighted by atomic mass is 35.5. The van der Waals surface area contributed by atoms with Crippen LogP contribution in [0.15, 0.2) is 52.3 Å². The first-order chi connectivity index (χ1) is 12.0. The molecule has 1 unspecified atom stereocenters. The topological polar surface area (TPSA) is 20.3 Å². The number of likely N-dealkylation sites (tertiary alicyclic amines) is 1. The van der Waals surface area contributed by atoms with Crippen LogP contribution in [-0.4, -0.2) is 23.9 Å². The molecule has 130 valence electrons. The van der Waals surface area contributed by atoms with Crippen LogP contribution >= 0.6 is 23.4 Å². The van der Waals surface area contributed by atoms with Crippen molar-refractivity contribution in [2.75, 3.05) is 7.05 Å². The van der Waals surface area contributed by atoms with E-state index in [0.29, 0.717) is 12.5 Å². The zero-order valence-electron chi connectivity index (χ0n) is 14.6. The molecule has 0 radical (unpaired) electrons. The van der Waals surface area contributed by atoms with E-state index in [1.165, 1.54) is 16.0 Å². The van der Waals surface area contributed by atoms with Gasteiger partial charge in [-0.05, 0) is 54.7 Å². The summed E-state index contributed by atoms with van der Waals surface area (Å²) >= 11 is 8.02. The van der Waals surface area contributed by atoms with Gasteiger partial charge in [0.25, 0.3) is 0 Å². The van der Waals surface area contributed by atoms with Gasteiger partial charge < -0.3 is 4.90 Å². The van der Waals surface area contributed by atoms with Crippen molar-refractivity contribution in [2.45, 2.75) is 53.9 Å². The van der Waals surface area contributed by atoms with Crippen LogP contribution in [0.3, 0.4) is 0 Å². The largest absolute Gasteiger partial charge is 0.342 e. The molecule has 2 atom stereocenters. The molecular weight excluding hydrogens is 350 g/mol. The Hall–Kier alpha value is -1.45. The van der Waals surface area contributed by atoms with Crippen LogP contribution in [-0.2, 0) is 16.6 Å². The monoisotopic (exact) mass is 371 g/mol. The highest BCUT2D eigenvalue weighted by Gasteiger charge is 2.46. The van der Waals surface area contributed by atoms with E-state index in [1.807, 2.05) is 30.1 Å². The van der Waals surface area contributed by atoms with Crippen LogP contribution < -0.4 is 0 Å². The van der Waals surface area contributed by atoms with Crippen molar-refractivity contribution in [3.8, 4) is 0 Å². The number of amides is 1. The molecule has 4 rings (SSSR count). The van der Waals surface area contributed by atoms with Gasteiger partial charge in [0.15, 0.2) is 0 Å². The third-order valence-corrected chi connectivity index (χ3v) is 7.41. The average molecular weight is 372 g/mol. The lowest BCUT2D eigenvalue weighted by atomic mass is 9.63. The summed E-state index contributed by atoms with van der Waals surface area (Å²) in [6.45, 7) is 2.33. The van der Waals surface area contributed by atoms with E-state index >= 15 is 0 Å². The number of carbonyl (C=O) groups is 1. The van der Waals surface area contributed by atoms with E-state index in [-0.39, 0.29) is 11.3 Å². The molecule has 1 fully saturated rings. The Morgan fingerprint density at radius 2 is 2.00 bits per heavy atom. The predicted octanol–water partition coefficient (Wildman–Crippen LogP) is 5.32. The van der Waals surface area contributed by atoms with Gasteiger partial charge >= 0.3 is 0 Å². The van der Waals surface area contributed by atoms with Gasteiger partial charge in [0.05, 0.1) is 5.02 Å². The molecule has 0 aromatic heterocycles. The average Bonchev–Trinajstić information content (AvgIpc) is 2.60. The number of nitrogens with zero attached hydrogens (tertiary/aromatic N) is 1. The molecule has 1 heterocycles. The number of rotatable bonds is 2. The summed E-state index contributed by atoms with van der Waals surface area (Å²) < 4.78 is 0. The Balaban J connectivity index is 1.66. The first kappa shape index (κ1) is 17.0. The minimum absolute atomic E-state index is 0.0732. The van der Waals surface area contributed by atoms with Crippen LogP contribution in [0.5, 0.6) is 0 Å². The molecule has 0 spiro atoms. The summed E-state index contributed by atoms with van der Waals surface area (Å²) in [5, 5.41) is 0.796. The van der Waals surface area contributed by atoms with Crippen molar-refractivity contribution >= 4 is 29.3 Å². The van der Waals surface area contributed by atoms with Gasteiger partial charge in [0.1, 0.15) is 0 Å². The van der Waals surface area contributed by atoms with E-state index < -0.39 is 0 Å². The fraction of sp³-hybridized carbons (Fsp3) is 0.381. The molecule has 2 aliphatic rings. The standard InChI is InChI=1S/C21H22ClNOS/c1-21-12-11-20(24)23(2)19(21)10-7-14-13-15(8-9-16(14)21)25-18-6-4-3-5-17(18)22/h3-6,8-9,13,19H,7,10-12H2,1-2H3/t19?,21-/m1/s1. The van der Waals surface area contributed by atoms with Gasteiger partial charge in [-0.1, -0.05) is 48.5 Å². The molecular formula is C21H22ClNOS. The number of carbonyl (C=O) groups excluding carboxylic acids is 1. The molecule has 0 N–H and O–H groups in total. The second kappa shape index (κ2) is 6.37. The molecule has 25 heavy (non-hydrogen) atoms. The molecule has 0 bridgehead atoms. The number of halogens is 1. The molecule has 1 amide bonds. The fourth-order valence-corrected chi connectivity index (χ4v) is 5.64. The molecule has 2 nitrogen and oxygen atoms in total. The number of hydrogen-bond acceptors (Lipinski definition) is 2. The zero-order valence-corrected chi connectivity index (χ0v) is 16.2. The summed E-state index contributed by atoms with van der Waals surface area (Å²) in [5.74, 6) is 0.289. The number of benzene rings is 2. The molecule has 2 aromatic carbocycles. The Morgan fingerprint density at radius 3 is 2.80 bits per heavy atom. The lowest BCUT2D eigenvalue weighted by Crippen LogP contribution is -2.56. The molecule has 1 saturated heterocycles. The SMILES string of the molecule is CN1C(=O)CC[C@]2(C)c3ccc(Sc4ccccc4Cl)cc3CCC12. The Kier molecular flexibility index (Phi) is 4.33. The number of likely N-dealkylation sites (N-methyl/N-ethyl adjacent to an activating group) is 1. The van der Waals surface area contributed by atoms with Crippen LogP contribution in [0, 0.1) is 0 Å². The predicted molar refractivity (Wildman–Crippen MR) is 103 cm³/mol. The van der Waals surface area contributed by atoms with E-state index in [9.17, 15) is 4.79 Å². The van der Waals surface area contributed by atoms with Gasteiger partial charge in [0, 0.05) is 34.7 Å². The van der Waals surface area contributed by atoms with Gasteiger partial charge in [0.2, 0.25) is 5.91 Å². The van der Waals surface area contributed by atoms with Crippen molar-refractivity contribution in [3.63, 3.8) is 0 Å². The van der Waals surface area contributed by atoms with Gasteiger partial charge in [-0.2, -0.15) is 0 Å². The lowest BCUT2D eigenvalue weighted by Gasteiger charge is -2.50. The second-order valence-electron chi connectivity index (χ2n) is 7.33. The summed E-state index contributed by atoms with van der Waals surface area (Å²) in [7, 11) is 1.97. The smallest absolute Gasteiger partial charge is 0.222 e. The third kappa shape index (κ3) is 2.88. The van der Waals surface area contributed by atoms with E-state index in [4.69, 9.17) is 11.6 Å². The molecule has 1 aliphatic carbocycles. The van der Waals surface area contributed by atoms with E-state index in [2.05, 4.69) is 31.2 Å². The summed E-state index contributed by atoms with van der Waals surface area (Å²) in [6.07, 6.45) is 3.68. The summed E-state index contributed by atoms with van der Waals surface area (Å²) in [4.78, 5) is 16.4. The maximum atomic E-state index is 12.1. The second-order valence-corrected chi connectivity index (χ2v) is 8.85. The number of hydrogen-bond donors (Lipinski definition) is 0. The van der Waals surface area contributed by atoms with Gasteiger partial charge in [-0.3, -0.25) is 4.79 Å². The highest BCUT2D eigenvalue weighted by molar-refractivity contribution is 7.99. The fourth-order valence-electron chi connectivity index (χ4n) is 4.48. The maximum absolute atomic E-state index is 12.1. The minimum Gasteiger partial charge on any atom is -0.342 e. The quantitative estimate of drug-likeness (QED) is 0.712. The third-order valence-electron chi connectivity index (χ3n) is 5.90. The number of aryl methyl sites for hydroxylation is 1. The van der Waals surface area contributed by atoms with Crippen LogP contribution in [0.2, 0.25) is 5.02 Å². The number of fused-ring (bicyclic) bond motifs is 3. The first-order valence-electron chi connectivity index (χ1n) is 8.80. The Bertz CT molecular complexity index is 836. The summed E-state index contributed by atoms with van der Waals surface area (Å²) in [6, 6.07) is 15.1. The van der Waals surface area contributed by atoms with E-state index in [0.717, 1.165) is 29.2 Å². The van der Waals surface area contributed by atoms with Crippen molar-refractivity contribution in [1.82, 2.24) is 4.90 Å². The van der Waals surface area contributed by atoms with Crippen molar-refractivity contribution in [1.29, 1.82) is 0 Å². The highest BCUT2D eigenvalue weighted by Crippen LogP contribution is 2.46. The molecule has 0 saturated carbocycles. The zero-order chi connectivity index (χ0) is 17.6.